The van der Waals surface area contributed by atoms with Crippen molar-refractivity contribution in [3.8, 4) is 0 Å². The molecule has 0 spiro atoms. The van der Waals surface area contributed by atoms with Crippen molar-refractivity contribution in [2.45, 2.75) is 39.0 Å². The van der Waals surface area contributed by atoms with Crippen LogP contribution < -0.4 is 5.73 Å². The standard InChI is InChI=1S/C19H25N3O7S.ClH/c1-13(12-30-17(23)9-20)18(24)21-8-2-3-16(21)19(25)28-10-14-4-6-15(7-5-14)11-29-22(26)27;/h4-7,13,16H,2-3,8-12,20H2,1H3;1H/t13-,16+;/m1./s1. The van der Waals surface area contributed by atoms with Gasteiger partial charge in [-0.1, -0.05) is 43.0 Å². The third-order valence-electron chi connectivity index (χ3n) is 4.63. The summed E-state index contributed by atoms with van der Waals surface area (Å²) in [6, 6.07) is 6.05. The van der Waals surface area contributed by atoms with Crippen molar-refractivity contribution in [1.29, 1.82) is 0 Å². The van der Waals surface area contributed by atoms with E-state index >= 15 is 0 Å². The molecule has 2 N–H and O–H groups in total. The first kappa shape index (κ1) is 26.7. The van der Waals surface area contributed by atoms with Gasteiger partial charge >= 0.3 is 5.97 Å². The van der Waals surface area contributed by atoms with Crippen LogP contribution in [0.4, 0.5) is 0 Å². The van der Waals surface area contributed by atoms with Gasteiger partial charge in [-0.25, -0.2) is 4.79 Å². The summed E-state index contributed by atoms with van der Waals surface area (Å²) in [5.41, 5.74) is 6.61. The quantitative estimate of drug-likeness (QED) is 0.304. The molecular weight excluding hydrogens is 450 g/mol. The zero-order valence-corrected chi connectivity index (χ0v) is 18.7. The Morgan fingerprint density at radius 3 is 2.45 bits per heavy atom. The summed E-state index contributed by atoms with van der Waals surface area (Å²) in [4.78, 5) is 52.6. The van der Waals surface area contributed by atoms with Gasteiger partial charge < -0.3 is 20.2 Å². The Morgan fingerprint density at radius 2 is 1.87 bits per heavy atom. The van der Waals surface area contributed by atoms with Gasteiger partial charge in [-0.2, -0.15) is 0 Å². The summed E-state index contributed by atoms with van der Waals surface area (Å²) >= 11 is 1.02. The van der Waals surface area contributed by atoms with Crippen LogP contribution in [0.5, 0.6) is 0 Å². The van der Waals surface area contributed by atoms with E-state index in [4.69, 9.17) is 10.5 Å². The molecule has 10 nitrogen and oxygen atoms in total. The molecule has 1 aromatic carbocycles. The molecule has 0 aliphatic carbocycles. The zero-order valence-electron chi connectivity index (χ0n) is 17.1. The lowest BCUT2D eigenvalue weighted by molar-refractivity contribution is -0.763. The molecule has 0 unspecified atom stereocenters. The van der Waals surface area contributed by atoms with E-state index in [2.05, 4.69) is 4.84 Å². The van der Waals surface area contributed by atoms with E-state index < -0.39 is 23.0 Å². The number of carbonyl (C=O) groups excluding carboxylic acids is 3. The highest BCUT2D eigenvalue weighted by Crippen LogP contribution is 2.23. The number of ether oxygens (including phenoxy) is 1. The molecule has 0 radical (unpaired) electrons. The largest absolute Gasteiger partial charge is 0.459 e. The molecule has 1 aliphatic heterocycles. The number of nitrogens with zero attached hydrogens (tertiary/aromatic N) is 2. The number of esters is 1. The van der Waals surface area contributed by atoms with Crippen LogP contribution in [0, 0.1) is 16.0 Å². The molecular formula is C19H26ClN3O7S. The molecule has 12 heteroatoms. The second-order valence-corrected chi connectivity index (χ2v) is 7.98. The van der Waals surface area contributed by atoms with Gasteiger partial charge in [0.05, 0.1) is 6.54 Å². The van der Waals surface area contributed by atoms with E-state index in [1.54, 1.807) is 31.2 Å². The summed E-state index contributed by atoms with van der Waals surface area (Å²) in [5.74, 6) is -0.742. The molecule has 2 rings (SSSR count). The van der Waals surface area contributed by atoms with Crippen molar-refractivity contribution in [3.05, 3.63) is 45.5 Å². The Hall–Kier alpha value is -2.37. The second kappa shape index (κ2) is 13.1. The van der Waals surface area contributed by atoms with Gasteiger partial charge in [0, 0.05) is 18.2 Å². The zero-order chi connectivity index (χ0) is 22.1. The molecule has 0 bridgehead atoms. The maximum Gasteiger partial charge on any atom is 0.329 e. The van der Waals surface area contributed by atoms with Crippen molar-refractivity contribution >= 4 is 41.2 Å². The van der Waals surface area contributed by atoms with Gasteiger partial charge in [-0.3, -0.25) is 9.59 Å². The molecule has 1 aliphatic rings. The van der Waals surface area contributed by atoms with Crippen molar-refractivity contribution < 1.29 is 29.0 Å². The maximum atomic E-state index is 12.7. The normalized spacial score (nSPS) is 16.2. The van der Waals surface area contributed by atoms with Gasteiger partial charge in [-0.05, 0) is 24.0 Å². The van der Waals surface area contributed by atoms with Crippen LogP contribution in [0.2, 0.25) is 0 Å². The SMILES string of the molecule is C[C@H](CSC(=O)CN)C(=O)N1CCC[C@H]1C(=O)OCc1ccc(CO[N+](=O)[O-])cc1.Cl. The summed E-state index contributed by atoms with van der Waals surface area (Å²) in [5, 5.41) is 9.18. The fraction of sp³-hybridized carbons (Fsp3) is 0.526. The van der Waals surface area contributed by atoms with E-state index in [1.165, 1.54) is 4.90 Å². The van der Waals surface area contributed by atoms with Crippen LogP contribution in [0.15, 0.2) is 24.3 Å². The third-order valence-corrected chi connectivity index (χ3v) is 5.79. The molecule has 2 atom stereocenters. The Balaban J connectivity index is 0.00000480. The first-order valence-electron chi connectivity index (χ1n) is 9.49. The fourth-order valence-electron chi connectivity index (χ4n) is 3.02. The van der Waals surface area contributed by atoms with E-state index in [0.717, 1.165) is 11.8 Å². The van der Waals surface area contributed by atoms with Gasteiger partial charge in [0.25, 0.3) is 5.09 Å². The fourth-order valence-corrected chi connectivity index (χ4v) is 3.71. The number of benzene rings is 1. The smallest absolute Gasteiger partial charge is 0.329 e. The van der Waals surface area contributed by atoms with Crippen LogP contribution in [0.3, 0.4) is 0 Å². The lowest BCUT2D eigenvalue weighted by Crippen LogP contribution is -2.44. The van der Waals surface area contributed by atoms with Crippen molar-refractivity contribution in [2.24, 2.45) is 11.7 Å². The number of thioether (sulfide) groups is 1. The minimum absolute atomic E-state index is 0. The van der Waals surface area contributed by atoms with Crippen LogP contribution in [0.1, 0.15) is 30.9 Å². The maximum absolute atomic E-state index is 12.7. The predicted octanol–water partition coefficient (Wildman–Crippen LogP) is 1.71. The van der Waals surface area contributed by atoms with Crippen LogP contribution in [0.25, 0.3) is 0 Å². The number of rotatable bonds is 10. The summed E-state index contributed by atoms with van der Waals surface area (Å²) < 4.78 is 5.38. The minimum Gasteiger partial charge on any atom is -0.459 e. The van der Waals surface area contributed by atoms with Crippen molar-refractivity contribution in [2.75, 3.05) is 18.8 Å². The van der Waals surface area contributed by atoms with E-state index in [9.17, 15) is 24.5 Å². The number of hydrogen-bond donors (Lipinski definition) is 1. The number of hydrogen-bond acceptors (Lipinski definition) is 9. The highest BCUT2D eigenvalue weighted by Gasteiger charge is 2.37. The highest BCUT2D eigenvalue weighted by atomic mass is 35.5. The van der Waals surface area contributed by atoms with Gasteiger partial charge in [0.1, 0.15) is 19.3 Å². The first-order chi connectivity index (χ1) is 14.3. The predicted molar refractivity (Wildman–Crippen MR) is 116 cm³/mol. The Morgan fingerprint density at radius 1 is 1.26 bits per heavy atom. The molecule has 1 fully saturated rings. The number of carbonyl (C=O) groups is 3. The summed E-state index contributed by atoms with van der Waals surface area (Å²) in [6.45, 7) is 2.01. The lowest BCUT2D eigenvalue weighted by atomic mass is 10.1. The highest BCUT2D eigenvalue weighted by molar-refractivity contribution is 8.13. The van der Waals surface area contributed by atoms with Gasteiger partial charge in [0.2, 0.25) is 11.0 Å². The van der Waals surface area contributed by atoms with Gasteiger partial charge in [0.15, 0.2) is 0 Å². The molecule has 0 aromatic heterocycles. The Labute approximate surface area is 190 Å². The van der Waals surface area contributed by atoms with Crippen LogP contribution in [-0.2, 0) is 37.2 Å². The van der Waals surface area contributed by atoms with E-state index in [0.29, 0.717) is 36.3 Å². The number of likely N-dealkylation sites (tertiary alicyclic amines) is 1. The average molecular weight is 476 g/mol. The molecule has 172 valence electrons. The average Bonchev–Trinajstić information content (AvgIpc) is 3.24. The summed E-state index contributed by atoms with van der Waals surface area (Å²) in [7, 11) is 0. The minimum atomic E-state index is -0.861. The second-order valence-electron chi connectivity index (χ2n) is 6.90. The molecule has 1 amide bonds. The molecule has 1 saturated heterocycles. The number of amides is 1. The topological polar surface area (TPSA) is 142 Å². The molecule has 1 aromatic rings. The van der Waals surface area contributed by atoms with E-state index in [1.807, 2.05) is 0 Å². The summed E-state index contributed by atoms with van der Waals surface area (Å²) in [6.07, 6.45) is 1.24. The first-order valence-corrected chi connectivity index (χ1v) is 10.5. The Bertz CT molecular complexity index is 778. The third kappa shape index (κ3) is 8.35. The molecule has 0 saturated carbocycles. The van der Waals surface area contributed by atoms with Crippen molar-refractivity contribution in [1.82, 2.24) is 4.90 Å². The Kier molecular flexibility index (Phi) is 11.3. The van der Waals surface area contributed by atoms with Crippen LogP contribution in [-0.4, -0.2) is 51.9 Å². The number of nitrogens with two attached hydrogens (primary N) is 1. The van der Waals surface area contributed by atoms with E-state index in [-0.39, 0.29) is 43.2 Å². The monoisotopic (exact) mass is 475 g/mol. The van der Waals surface area contributed by atoms with Crippen LogP contribution >= 0.6 is 24.2 Å². The van der Waals surface area contributed by atoms with Crippen molar-refractivity contribution in [3.63, 3.8) is 0 Å². The number of halogens is 1. The molecule has 31 heavy (non-hydrogen) atoms. The molecule has 1 heterocycles. The van der Waals surface area contributed by atoms with Gasteiger partial charge in [-0.15, -0.1) is 22.5 Å². The lowest BCUT2D eigenvalue weighted by Gasteiger charge is -2.26.